The Kier molecular flexibility index (Phi) is 10.9. The minimum Gasteiger partial charge on any atom is -0.497 e. The number of aryl methyl sites for hydroxylation is 1. The third-order valence-electron chi connectivity index (χ3n) is 9.63. The van der Waals surface area contributed by atoms with Crippen LogP contribution in [0.1, 0.15) is 54.4 Å². The maximum atomic E-state index is 8.82. The number of rotatable bonds is 7. The van der Waals surface area contributed by atoms with Crippen LogP contribution in [0.25, 0.3) is 64.2 Å². The van der Waals surface area contributed by atoms with Crippen LogP contribution in [0.5, 0.6) is 5.75 Å². The van der Waals surface area contributed by atoms with Gasteiger partial charge in [-0.05, 0) is 90.9 Å². The number of ether oxygens (including phenoxy) is 1. The zero-order valence-corrected chi connectivity index (χ0v) is 37.7. The van der Waals surface area contributed by atoms with E-state index in [4.69, 9.17) is 13.8 Å². The molecule has 0 aliphatic heterocycles. The van der Waals surface area contributed by atoms with Gasteiger partial charge in [0.05, 0.1) is 7.11 Å². The van der Waals surface area contributed by atoms with Crippen molar-refractivity contribution in [2.24, 2.45) is 5.92 Å². The first-order valence-corrected chi connectivity index (χ1v) is 26.4. The molecule has 5 aromatic carbocycles. The van der Waals surface area contributed by atoms with Crippen LogP contribution in [-0.4, -0.2) is 30.3 Å². The van der Waals surface area contributed by atoms with Crippen molar-refractivity contribution < 1.29 is 29.0 Å². The predicted molar refractivity (Wildman–Crippen MR) is 232 cm³/mol. The van der Waals surface area contributed by atoms with Crippen LogP contribution in [0.2, 0.25) is 17.3 Å². The summed E-state index contributed by atoms with van der Waals surface area (Å²) in [5, 5.41) is 7.04. The average Bonchev–Trinajstić information content (AvgIpc) is 3.56. The van der Waals surface area contributed by atoms with E-state index in [0.29, 0.717) is 16.8 Å². The van der Waals surface area contributed by atoms with Gasteiger partial charge in [-0.25, -0.2) is 0 Å². The molecule has 0 aliphatic rings. The molecule has 0 unspecified atom stereocenters. The summed E-state index contributed by atoms with van der Waals surface area (Å²) in [5.41, 5.74) is 6.22. The monoisotopic (exact) mass is 970 g/mol. The molecule has 0 amide bonds. The van der Waals surface area contributed by atoms with Crippen molar-refractivity contribution >= 4 is 70.7 Å². The van der Waals surface area contributed by atoms with Gasteiger partial charge in [-0.3, -0.25) is 0 Å². The van der Waals surface area contributed by atoms with E-state index in [1.807, 2.05) is 64.1 Å². The van der Waals surface area contributed by atoms with Crippen LogP contribution < -0.4 is 9.13 Å². The third-order valence-corrected chi connectivity index (χ3v) is 15.4. The first kappa shape index (κ1) is 35.8. The number of thiophene rings is 1. The smallest absolute Gasteiger partial charge is 0.119 e. The van der Waals surface area contributed by atoms with Crippen molar-refractivity contribution in [1.82, 2.24) is 9.97 Å². The Morgan fingerprint density at radius 2 is 1.54 bits per heavy atom. The number of pyridine rings is 2. The SMILES string of the molecule is Cc1cc(-c2[c-]cccc2)nc[c]1[Ge]([CH3])([CH3])[CH3].[2H]C(C)(C)c1cc(-c2[c-]ccc3c2sc2c4cc5ccc(OC)cc5cc4ccc32)ncc1C([2H])([2H])C(C)C.[Ir]. The van der Waals surface area contributed by atoms with Crippen LogP contribution in [0.15, 0.2) is 103 Å². The quantitative estimate of drug-likeness (QED) is 0.0907. The van der Waals surface area contributed by atoms with Crippen LogP contribution in [0.3, 0.4) is 0 Å². The summed E-state index contributed by atoms with van der Waals surface area (Å²) >= 11 is -0.0327. The van der Waals surface area contributed by atoms with Crippen molar-refractivity contribution in [2.45, 2.75) is 64.2 Å². The molecule has 1 radical (unpaired) electrons. The summed E-state index contributed by atoms with van der Waals surface area (Å²) in [4.78, 5) is 9.34. The molecule has 0 spiro atoms. The van der Waals surface area contributed by atoms with Crippen LogP contribution in [-0.2, 0) is 26.5 Å². The normalized spacial score (nSPS) is 13.0. The minimum atomic E-state index is -1.77. The number of hydrogen-bond acceptors (Lipinski definition) is 4. The number of hydrogen-bond donors (Lipinski definition) is 0. The van der Waals surface area contributed by atoms with E-state index in [9.17, 15) is 0 Å². The fraction of sp³-hybridized carbons (Fsp3) is 0.250. The molecule has 0 aliphatic carbocycles. The van der Waals surface area contributed by atoms with Crippen LogP contribution in [0, 0.1) is 25.0 Å². The topological polar surface area (TPSA) is 35.0 Å². The van der Waals surface area contributed by atoms with Gasteiger partial charge in [-0.15, -0.1) is 23.8 Å². The molecule has 3 aromatic heterocycles. The van der Waals surface area contributed by atoms with Crippen molar-refractivity contribution in [3.05, 3.63) is 132 Å². The van der Waals surface area contributed by atoms with Crippen molar-refractivity contribution in [3.63, 3.8) is 0 Å². The fourth-order valence-electron chi connectivity index (χ4n) is 7.04. The summed E-state index contributed by atoms with van der Waals surface area (Å²) < 4.78 is 35.5. The summed E-state index contributed by atoms with van der Waals surface area (Å²) in [6.07, 6.45) is 2.13. The molecule has 0 bridgehead atoms. The molecule has 277 valence electrons. The van der Waals surface area contributed by atoms with Crippen LogP contribution >= 0.6 is 11.3 Å². The van der Waals surface area contributed by atoms with E-state index < -0.39 is 25.5 Å². The number of nitrogens with zero attached hydrogens (tertiary/aromatic N) is 2. The Balaban J connectivity index is 0.000000256. The Morgan fingerprint density at radius 1 is 0.778 bits per heavy atom. The fourth-order valence-corrected chi connectivity index (χ4v) is 12.0. The van der Waals surface area contributed by atoms with Crippen molar-refractivity contribution in [2.75, 3.05) is 7.11 Å². The second kappa shape index (κ2) is 16.5. The van der Waals surface area contributed by atoms with Crippen molar-refractivity contribution in [3.8, 4) is 28.3 Å². The van der Waals surface area contributed by atoms with Gasteiger partial charge in [-0.1, -0.05) is 57.3 Å². The summed E-state index contributed by atoms with van der Waals surface area (Å²) in [7, 11) is 1.69. The Bertz CT molecular complexity index is 2740. The molecule has 3 heterocycles. The van der Waals surface area contributed by atoms with Gasteiger partial charge in [0, 0.05) is 35.1 Å². The molecule has 3 nitrogen and oxygen atoms in total. The van der Waals surface area contributed by atoms with Gasteiger partial charge in [0.15, 0.2) is 0 Å². The molecule has 6 heteroatoms. The van der Waals surface area contributed by atoms with E-state index in [0.717, 1.165) is 38.0 Å². The van der Waals surface area contributed by atoms with E-state index in [2.05, 4.69) is 102 Å². The van der Waals surface area contributed by atoms with Gasteiger partial charge in [0.25, 0.3) is 0 Å². The van der Waals surface area contributed by atoms with Gasteiger partial charge in [0.1, 0.15) is 5.75 Å². The molecular weight excluding hydrogens is 917 g/mol. The molecular formula is C48H48GeIrN2OS-2. The van der Waals surface area contributed by atoms with E-state index in [1.165, 1.54) is 36.2 Å². The summed E-state index contributed by atoms with van der Waals surface area (Å²) in [6, 6.07) is 37.8. The largest absolute Gasteiger partial charge is 0.497 e. The predicted octanol–water partition coefficient (Wildman–Crippen LogP) is 13.0. The number of aromatic nitrogens is 2. The zero-order valence-electron chi connectivity index (χ0n) is 35.4. The molecule has 8 rings (SSSR count). The van der Waals surface area contributed by atoms with Crippen molar-refractivity contribution in [1.29, 1.82) is 0 Å². The molecule has 0 saturated carbocycles. The second-order valence-corrected chi connectivity index (χ2v) is 26.8. The molecule has 0 N–H and O–H groups in total. The molecule has 0 fully saturated rings. The van der Waals surface area contributed by atoms with E-state index >= 15 is 0 Å². The molecule has 8 aromatic rings. The van der Waals surface area contributed by atoms with Crippen LogP contribution in [0.4, 0.5) is 0 Å². The first-order chi connectivity index (χ1) is 26.5. The van der Waals surface area contributed by atoms with Gasteiger partial charge in [0.2, 0.25) is 0 Å². The standard InChI is InChI=1S/C33H30NOS.C15H18GeN.Ir/c1-19(2)13-24-18-34-31(17-29(24)20(3)4)28-8-6-7-26-27-12-10-22-14-23-15-25(35-5)11-9-21(23)16-30(22)33(27)36-32(26)28;1-12-10-15(13-8-6-5-7-9-13)17-11-14(12)16(2,3)4;/h6-7,9-12,14-20H,13H2,1-5H3;5-8,10-11H,1-4H3;/q2*-1;/i13D2,20D;;. The Morgan fingerprint density at radius 3 is 2.22 bits per heavy atom. The number of fused-ring (bicyclic) bond motifs is 6. The molecule has 54 heavy (non-hydrogen) atoms. The summed E-state index contributed by atoms with van der Waals surface area (Å²) in [6.45, 7) is 9.54. The minimum absolute atomic E-state index is 0. The number of methoxy groups -OCH3 is 1. The van der Waals surface area contributed by atoms with Gasteiger partial charge < -0.3 is 9.72 Å². The van der Waals surface area contributed by atoms with Gasteiger partial charge in [-0.2, -0.15) is 11.3 Å². The Hall–Kier alpha value is -3.87. The second-order valence-electron chi connectivity index (χ2n) is 15.3. The Labute approximate surface area is 345 Å². The summed E-state index contributed by atoms with van der Waals surface area (Å²) in [5.74, 6) is 6.83. The number of benzene rings is 5. The zero-order chi connectivity index (χ0) is 40.2. The average molecular weight is 969 g/mol. The van der Waals surface area contributed by atoms with E-state index in [-0.39, 0.29) is 26.0 Å². The van der Waals surface area contributed by atoms with Gasteiger partial charge >= 0.3 is 106 Å². The molecule has 0 saturated heterocycles. The first-order valence-electron chi connectivity index (χ1n) is 19.7. The third kappa shape index (κ3) is 8.21. The molecule has 0 atom stereocenters. The van der Waals surface area contributed by atoms with E-state index in [1.54, 1.807) is 24.6 Å². The maximum Gasteiger partial charge on any atom is 0.119 e. The maximum absolute atomic E-state index is 8.82.